The molecule has 2 atom stereocenters. The lowest BCUT2D eigenvalue weighted by atomic mass is 9.98. The highest BCUT2D eigenvalue weighted by molar-refractivity contribution is 7.12. The van der Waals surface area contributed by atoms with E-state index in [1.807, 2.05) is 35.3 Å². The van der Waals surface area contributed by atoms with Gasteiger partial charge in [-0.25, -0.2) is 5.01 Å². The molecular weight excluding hydrogens is 346 g/mol. The minimum absolute atomic E-state index is 0.109. The Bertz CT molecular complexity index is 956. The van der Waals surface area contributed by atoms with Gasteiger partial charge >= 0.3 is 0 Å². The van der Waals surface area contributed by atoms with Crippen LogP contribution in [0.3, 0.4) is 0 Å². The summed E-state index contributed by atoms with van der Waals surface area (Å²) in [5.41, 5.74) is 3.03. The quantitative estimate of drug-likeness (QED) is 0.692. The number of thiophene rings is 1. The summed E-state index contributed by atoms with van der Waals surface area (Å²) < 4.78 is 11.9. The Morgan fingerprint density at radius 1 is 1.15 bits per heavy atom. The Labute approximate surface area is 155 Å². The molecule has 2 aliphatic rings. The van der Waals surface area contributed by atoms with Crippen LogP contribution < -0.4 is 9.47 Å². The van der Waals surface area contributed by atoms with Crippen LogP contribution in [0, 0.1) is 0 Å². The van der Waals surface area contributed by atoms with Crippen molar-refractivity contribution in [1.82, 2.24) is 9.99 Å². The smallest absolute Gasteiger partial charge is 0.230 e. The molecule has 0 unspecified atom stereocenters. The Hall–Kier alpha value is -2.86. The topological polar surface area (TPSA) is 47.0 Å². The summed E-state index contributed by atoms with van der Waals surface area (Å²) in [4.78, 5) is 5.70. The Morgan fingerprint density at radius 2 is 2.12 bits per heavy atom. The van der Waals surface area contributed by atoms with E-state index in [0.717, 1.165) is 34.9 Å². The Kier molecular flexibility index (Phi) is 3.64. The molecule has 0 bridgehead atoms. The molecule has 0 saturated heterocycles. The highest BCUT2D eigenvalue weighted by Crippen LogP contribution is 2.50. The van der Waals surface area contributed by atoms with Crippen molar-refractivity contribution in [2.75, 3.05) is 7.11 Å². The number of rotatable bonds is 3. The number of nitrogens with zero attached hydrogens (tertiary/aromatic N) is 3. The van der Waals surface area contributed by atoms with E-state index in [9.17, 15) is 0 Å². The van der Waals surface area contributed by atoms with E-state index in [1.165, 1.54) is 4.88 Å². The molecule has 2 aliphatic heterocycles. The monoisotopic (exact) mass is 363 g/mol. The molecule has 3 aromatic rings. The van der Waals surface area contributed by atoms with Crippen LogP contribution in [0.4, 0.5) is 0 Å². The first-order valence-corrected chi connectivity index (χ1v) is 9.37. The lowest BCUT2D eigenvalue weighted by molar-refractivity contribution is -0.0236. The average Bonchev–Trinajstić information content (AvgIpc) is 3.37. The first-order valence-electron chi connectivity index (χ1n) is 8.49. The third-order valence-electron chi connectivity index (χ3n) is 4.75. The maximum absolute atomic E-state index is 6.35. The standard InChI is InChI=1S/C20H17N3O2S/c1-24-17-8-4-6-13-16-12-15(18-9-5-11-26-18)22-23(16)20(25-19(13)17)14-7-2-3-10-21-14/h2-11,16,20H,12H2,1H3/t16-,20+/m0/s1. The summed E-state index contributed by atoms with van der Waals surface area (Å²) in [5, 5.41) is 9.04. The van der Waals surface area contributed by atoms with Crippen LogP contribution in [0.1, 0.15) is 34.8 Å². The number of hydrogen-bond donors (Lipinski definition) is 0. The van der Waals surface area contributed by atoms with Crippen molar-refractivity contribution in [3.05, 3.63) is 76.2 Å². The van der Waals surface area contributed by atoms with Gasteiger partial charge < -0.3 is 9.47 Å². The number of hydrazone groups is 1. The SMILES string of the molecule is COc1cccc2c1O[C@H](c1ccccn1)N1N=C(c3cccs3)C[C@@H]21. The molecule has 4 heterocycles. The van der Waals surface area contributed by atoms with E-state index in [0.29, 0.717) is 0 Å². The number of pyridine rings is 1. The van der Waals surface area contributed by atoms with Gasteiger partial charge in [0.1, 0.15) is 5.69 Å². The summed E-state index contributed by atoms with van der Waals surface area (Å²) in [5.74, 6) is 1.53. The zero-order valence-electron chi connectivity index (χ0n) is 14.2. The maximum Gasteiger partial charge on any atom is 0.230 e. The van der Waals surface area contributed by atoms with Crippen molar-refractivity contribution < 1.29 is 9.47 Å². The molecule has 26 heavy (non-hydrogen) atoms. The number of ether oxygens (including phenoxy) is 2. The van der Waals surface area contributed by atoms with E-state index < -0.39 is 0 Å². The van der Waals surface area contributed by atoms with Gasteiger partial charge in [0.25, 0.3) is 0 Å². The largest absolute Gasteiger partial charge is 0.493 e. The zero-order valence-corrected chi connectivity index (χ0v) is 15.0. The third-order valence-corrected chi connectivity index (χ3v) is 5.67. The second-order valence-corrected chi connectivity index (χ2v) is 7.18. The number of aromatic nitrogens is 1. The third kappa shape index (κ3) is 2.37. The van der Waals surface area contributed by atoms with Crippen molar-refractivity contribution in [2.24, 2.45) is 5.10 Å². The normalized spacial score (nSPS) is 20.8. The number of methoxy groups -OCH3 is 1. The second kappa shape index (κ2) is 6.14. The van der Waals surface area contributed by atoms with Gasteiger partial charge in [0.2, 0.25) is 6.23 Å². The predicted octanol–water partition coefficient (Wildman–Crippen LogP) is 4.39. The lowest BCUT2D eigenvalue weighted by Crippen LogP contribution is -2.34. The highest BCUT2D eigenvalue weighted by Gasteiger charge is 2.42. The number of hydrogen-bond acceptors (Lipinski definition) is 6. The van der Waals surface area contributed by atoms with E-state index in [2.05, 4.69) is 28.6 Å². The molecule has 0 fully saturated rings. The fourth-order valence-electron chi connectivity index (χ4n) is 3.55. The lowest BCUT2D eigenvalue weighted by Gasteiger charge is -2.38. The van der Waals surface area contributed by atoms with Crippen LogP contribution in [0.2, 0.25) is 0 Å². The molecule has 1 aromatic carbocycles. The molecule has 0 spiro atoms. The van der Waals surface area contributed by atoms with Crippen molar-refractivity contribution in [1.29, 1.82) is 0 Å². The van der Waals surface area contributed by atoms with Crippen LogP contribution in [-0.4, -0.2) is 22.8 Å². The molecule has 0 radical (unpaired) electrons. The minimum Gasteiger partial charge on any atom is -0.493 e. The fourth-order valence-corrected chi connectivity index (χ4v) is 4.27. The molecule has 5 nitrogen and oxygen atoms in total. The maximum atomic E-state index is 6.35. The van der Waals surface area contributed by atoms with Crippen LogP contribution in [-0.2, 0) is 0 Å². The summed E-state index contributed by atoms with van der Waals surface area (Å²) in [6, 6.07) is 16.2. The molecule has 0 saturated carbocycles. The molecule has 5 rings (SSSR count). The van der Waals surface area contributed by atoms with Gasteiger partial charge in [-0.2, -0.15) is 5.10 Å². The van der Waals surface area contributed by atoms with Gasteiger partial charge in [0, 0.05) is 18.2 Å². The van der Waals surface area contributed by atoms with Gasteiger partial charge in [-0.1, -0.05) is 24.3 Å². The summed E-state index contributed by atoms with van der Waals surface area (Å²) in [7, 11) is 1.67. The Morgan fingerprint density at radius 3 is 2.88 bits per heavy atom. The van der Waals surface area contributed by atoms with Gasteiger partial charge in [-0.3, -0.25) is 4.98 Å². The van der Waals surface area contributed by atoms with E-state index >= 15 is 0 Å². The van der Waals surface area contributed by atoms with E-state index in [4.69, 9.17) is 14.6 Å². The fraction of sp³-hybridized carbons (Fsp3) is 0.200. The first-order chi connectivity index (χ1) is 12.8. The highest BCUT2D eigenvalue weighted by atomic mass is 32.1. The zero-order chi connectivity index (χ0) is 17.5. The number of benzene rings is 1. The van der Waals surface area contributed by atoms with Crippen LogP contribution >= 0.6 is 11.3 Å². The number of fused-ring (bicyclic) bond motifs is 3. The van der Waals surface area contributed by atoms with Crippen molar-refractivity contribution >= 4 is 17.0 Å². The van der Waals surface area contributed by atoms with Gasteiger partial charge in [-0.05, 0) is 29.6 Å². The molecule has 130 valence electrons. The van der Waals surface area contributed by atoms with Crippen LogP contribution in [0.5, 0.6) is 11.5 Å². The summed E-state index contributed by atoms with van der Waals surface area (Å²) in [6.45, 7) is 0. The summed E-state index contributed by atoms with van der Waals surface area (Å²) >= 11 is 1.71. The molecular formula is C20H17N3O2S. The van der Waals surface area contributed by atoms with Gasteiger partial charge in [-0.15, -0.1) is 11.3 Å². The van der Waals surface area contributed by atoms with E-state index in [-0.39, 0.29) is 12.3 Å². The molecule has 0 aliphatic carbocycles. The second-order valence-electron chi connectivity index (χ2n) is 6.23. The van der Waals surface area contributed by atoms with Gasteiger partial charge in [0.15, 0.2) is 11.5 Å². The molecule has 2 aromatic heterocycles. The van der Waals surface area contributed by atoms with Crippen LogP contribution in [0.25, 0.3) is 0 Å². The number of para-hydroxylation sites is 1. The predicted molar refractivity (Wildman–Crippen MR) is 101 cm³/mol. The van der Waals surface area contributed by atoms with Crippen LogP contribution in [0.15, 0.2) is 65.2 Å². The van der Waals surface area contributed by atoms with Crippen molar-refractivity contribution in [3.63, 3.8) is 0 Å². The minimum atomic E-state index is -0.373. The summed E-state index contributed by atoms with van der Waals surface area (Å²) in [6.07, 6.45) is 2.25. The molecule has 0 N–H and O–H groups in total. The molecule has 6 heteroatoms. The molecule has 0 amide bonds. The first kappa shape index (κ1) is 15.4. The van der Waals surface area contributed by atoms with Crippen molar-refractivity contribution in [2.45, 2.75) is 18.7 Å². The average molecular weight is 363 g/mol. The Balaban J connectivity index is 1.64. The van der Waals surface area contributed by atoms with Gasteiger partial charge in [0.05, 0.1) is 23.7 Å². The van der Waals surface area contributed by atoms with E-state index in [1.54, 1.807) is 24.6 Å². The van der Waals surface area contributed by atoms with Crippen molar-refractivity contribution in [3.8, 4) is 11.5 Å².